The van der Waals surface area contributed by atoms with E-state index in [1.54, 1.807) is 6.33 Å². The highest BCUT2D eigenvalue weighted by atomic mass is 15.0. The molecule has 76 valence electrons. The van der Waals surface area contributed by atoms with Gasteiger partial charge in [-0.15, -0.1) is 0 Å². The maximum Gasteiger partial charge on any atom is 0.115 e. The van der Waals surface area contributed by atoms with Crippen LogP contribution in [0.4, 0.5) is 0 Å². The Morgan fingerprint density at radius 3 is 2.57 bits per heavy atom. The first-order valence-corrected chi connectivity index (χ1v) is 5.17. The molecule has 3 nitrogen and oxygen atoms in total. The van der Waals surface area contributed by atoms with Crippen molar-refractivity contribution in [3.8, 4) is 0 Å². The van der Waals surface area contributed by atoms with Crippen LogP contribution in [0.5, 0.6) is 0 Å². The molecule has 3 heteroatoms. The molecule has 1 aromatic rings. The highest BCUT2D eigenvalue weighted by molar-refractivity contribution is 5.04. The van der Waals surface area contributed by atoms with E-state index in [1.807, 2.05) is 12.4 Å². The smallest absolute Gasteiger partial charge is 0.115 e. The molecule has 0 atom stereocenters. The van der Waals surface area contributed by atoms with E-state index in [9.17, 15) is 0 Å². The molecule has 1 heterocycles. The van der Waals surface area contributed by atoms with E-state index in [2.05, 4.69) is 29.1 Å². The van der Waals surface area contributed by atoms with Crippen molar-refractivity contribution in [2.75, 3.05) is 0 Å². The largest absolute Gasteiger partial charge is 0.307 e. The lowest BCUT2D eigenvalue weighted by Gasteiger charge is -2.26. The Morgan fingerprint density at radius 2 is 2.00 bits per heavy atom. The number of nitrogens with one attached hydrogen (secondary N) is 1. The van der Waals surface area contributed by atoms with E-state index in [0.29, 0.717) is 0 Å². The number of rotatable bonds is 4. The molecule has 1 aromatic heterocycles. The predicted molar refractivity (Wildman–Crippen MR) is 55.7 cm³/mol. The molecule has 14 heavy (non-hydrogen) atoms. The monoisotopic (exact) mass is 191 g/mol. The quantitative estimate of drug-likeness (QED) is 0.788. The van der Waals surface area contributed by atoms with Crippen molar-refractivity contribution >= 4 is 0 Å². The Balaban J connectivity index is 1.87. The van der Waals surface area contributed by atoms with Crippen LogP contribution < -0.4 is 5.32 Å². The fourth-order valence-corrected chi connectivity index (χ4v) is 1.70. The summed E-state index contributed by atoms with van der Waals surface area (Å²) in [5.74, 6) is 0.854. The summed E-state index contributed by atoms with van der Waals surface area (Å²) in [6.45, 7) is 5.41. The van der Waals surface area contributed by atoms with Gasteiger partial charge in [-0.1, -0.05) is 0 Å². The lowest BCUT2D eigenvalue weighted by atomic mass is 9.98. The van der Waals surface area contributed by atoms with Crippen molar-refractivity contribution < 1.29 is 0 Å². The average Bonchev–Trinajstić information content (AvgIpc) is 3.00. The molecule has 0 saturated heterocycles. The summed E-state index contributed by atoms with van der Waals surface area (Å²) in [7, 11) is 0. The van der Waals surface area contributed by atoms with Crippen molar-refractivity contribution in [1.82, 2.24) is 15.3 Å². The van der Waals surface area contributed by atoms with E-state index in [1.165, 1.54) is 12.8 Å². The second kappa shape index (κ2) is 3.65. The molecule has 0 spiro atoms. The molecule has 1 saturated carbocycles. The second-order valence-electron chi connectivity index (χ2n) is 4.60. The van der Waals surface area contributed by atoms with Gasteiger partial charge in [0.25, 0.3) is 0 Å². The fourth-order valence-electron chi connectivity index (χ4n) is 1.70. The van der Waals surface area contributed by atoms with E-state index in [-0.39, 0.29) is 5.54 Å². The first-order chi connectivity index (χ1) is 6.68. The van der Waals surface area contributed by atoms with Crippen molar-refractivity contribution in [3.05, 3.63) is 24.3 Å². The minimum absolute atomic E-state index is 0.260. The van der Waals surface area contributed by atoms with Gasteiger partial charge in [-0.05, 0) is 32.6 Å². The maximum atomic E-state index is 3.99. The van der Waals surface area contributed by atoms with Gasteiger partial charge in [-0.2, -0.15) is 0 Å². The first kappa shape index (κ1) is 9.59. The van der Waals surface area contributed by atoms with Crippen molar-refractivity contribution in [2.24, 2.45) is 5.92 Å². The predicted octanol–water partition coefficient (Wildman–Crippen LogP) is 1.75. The third-order valence-corrected chi connectivity index (χ3v) is 2.96. The zero-order chi connectivity index (χ0) is 10.0. The summed E-state index contributed by atoms with van der Waals surface area (Å²) in [6, 6.07) is 0. The van der Waals surface area contributed by atoms with Crippen LogP contribution in [0.3, 0.4) is 0 Å². The summed E-state index contributed by atoms with van der Waals surface area (Å²) in [6.07, 6.45) is 8.03. The van der Waals surface area contributed by atoms with Crippen LogP contribution in [0.1, 0.15) is 32.3 Å². The van der Waals surface area contributed by atoms with Gasteiger partial charge in [0.15, 0.2) is 0 Å². The normalized spacial score (nSPS) is 17.0. The van der Waals surface area contributed by atoms with Gasteiger partial charge in [0.2, 0.25) is 0 Å². The minimum Gasteiger partial charge on any atom is -0.307 e. The number of aromatic nitrogens is 2. The zero-order valence-electron chi connectivity index (χ0n) is 8.83. The Kier molecular flexibility index (Phi) is 2.50. The SMILES string of the molecule is CC(C)(NCc1cncnc1)C1CC1. The average molecular weight is 191 g/mol. The molecule has 0 aromatic carbocycles. The Labute approximate surface area is 85.0 Å². The van der Waals surface area contributed by atoms with Gasteiger partial charge < -0.3 is 5.32 Å². The Morgan fingerprint density at radius 1 is 1.36 bits per heavy atom. The molecule has 0 radical (unpaired) electrons. The standard InChI is InChI=1S/C11H17N3/c1-11(2,10-3-4-10)14-7-9-5-12-8-13-6-9/h5-6,8,10,14H,3-4,7H2,1-2H3. The highest BCUT2D eigenvalue weighted by Gasteiger charge is 2.36. The molecule has 0 aliphatic heterocycles. The Bertz CT molecular complexity index is 291. The summed E-state index contributed by atoms with van der Waals surface area (Å²) < 4.78 is 0. The lowest BCUT2D eigenvalue weighted by molar-refractivity contribution is 0.339. The lowest BCUT2D eigenvalue weighted by Crippen LogP contribution is -2.40. The van der Waals surface area contributed by atoms with E-state index in [0.717, 1.165) is 18.0 Å². The van der Waals surface area contributed by atoms with Crippen LogP contribution in [0.25, 0.3) is 0 Å². The van der Waals surface area contributed by atoms with Crippen LogP contribution in [0.2, 0.25) is 0 Å². The van der Waals surface area contributed by atoms with Gasteiger partial charge >= 0.3 is 0 Å². The van der Waals surface area contributed by atoms with E-state index < -0.39 is 0 Å². The maximum absolute atomic E-state index is 3.99. The highest BCUT2D eigenvalue weighted by Crippen LogP contribution is 2.39. The van der Waals surface area contributed by atoms with Gasteiger partial charge in [-0.3, -0.25) is 0 Å². The molecular formula is C11H17N3. The summed E-state index contributed by atoms with van der Waals surface area (Å²) in [4.78, 5) is 7.99. The van der Waals surface area contributed by atoms with Crippen LogP contribution in [0.15, 0.2) is 18.7 Å². The number of hydrogen-bond donors (Lipinski definition) is 1. The molecule has 0 amide bonds. The molecule has 1 aliphatic carbocycles. The van der Waals surface area contributed by atoms with Crippen LogP contribution in [0, 0.1) is 5.92 Å². The number of hydrogen-bond acceptors (Lipinski definition) is 3. The molecule has 1 fully saturated rings. The molecule has 2 rings (SSSR count). The third kappa shape index (κ3) is 2.29. The third-order valence-electron chi connectivity index (χ3n) is 2.96. The molecular weight excluding hydrogens is 174 g/mol. The van der Waals surface area contributed by atoms with Gasteiger partial charge in [0.05, 0.1) is 0 Å². The topological polar surface area (TPSA) is 37.8 Å². The second-order valence-corrected chi connectivity index (χ2v) is 4.60. The fraction of sp³-hybridized carbons (Fsp3) is 0.636. The summed E-state index contributed by atoms with van der Waals surface area (Å²) >= 11 is 0. The molecule has 0 unspecified atom stereocenters. The van der Waals surface area contributed by atoms with E-state index >= 15 is 0 Å². The van der Waals surface area contributed by atoms with Crippen LogP contribution >= 0.6 is 0 Å². The van der Waals surface area contributed by atoms with Gasteiger partial charge in [0, 0.05) is 30.0 Å². The molecule has 1 N–H and O–H groups in total. The summed E-state index contributed by atoms with van der Waals surface area (Å²) in [5, 5.41) is 3.56. The van der Waals surface area contributed by atoms with Crippen LogP contribution in [-0.2, 0) is 6.54 Å². The Hall–Kier alpha value is -0.960. The minimum atomic E-state index is 0.260. The van der Waals surface area contributed by atoms with Crippen molar-refractivity contribution in [1.29, 1.82) is 0 Å². The first-order valence-electron chi connectivity index (χ1n) is 5.17. The summed E-state index contributed by atoms with van der Waals surface area (Å²) in [5.41, 5.74) is 1.41. The van der Waals surface area contributed by atoms with Crippen molar-refractivity contribution in [3.63, 3.8) is 0 Å². The zero-order valence-corrected chi connectivity index (χ0v) is 8.83. The number of nitrogens with zero attached hydrogens (tertiary/aromatic N) is 2. The molecule has 0 bridgehead atoms. The van der Waals surface area contributed by atoms with E-state index in [4.69, 9.17) is 0 Å². The van der Waals surface area contributed by atoms with Crippen molar-refractivity contribution in [2.45, 2.75) is 38.8 Å². The van der Waals surface area contributed by atoms with Gasteiger partial charge in [0.1, 0.15) is 6.33 Å². The van der Waals surface area contributed by atoms with Crippen LogP contribution in [-0.4, -0.2) is 15.5 Å². The molecule has 1 aliphatic rings. The van der Waals surface area contributed by atoms with Gasteiger partial charge in [-0.25, -0.2) is 9.97 Å².